The lowest BCUT2D eigenvalue weighted by molar-refractivity contribution is -0.140. The van der Waals surface area contributed by atoms with Crippen LogP contribution in [0.15, 0.2) is 41.4 Å². The van der Waals surface area contributed by atoms with Crippen molar-refractivity contribution in [2.45, 2.75) is 50.7 Å². The van der Waals surface area contributed by atoms with Crippen LogP contribution < -0.4 is 10.2 Å². The smallest absolute Gasteiger partial charge is 0.312 e. The molecule has 2 aromatic rings. The number of anilines is 1. The van der Waals surface area contributed by atoms with Crippen molar-refractivity contribution in [3.63, 3.8) is 0 Å². The summed E-state index contributed by atoms with van der Waals surface area (Å²) in [5, 5.41) is 2.61. The summed E-state index contributed by atoms with van der Waals surface area (Å²) < 4.78 is 55.2. The molecule has 3 heterocycles. The zero-order valence-corrected chi connectivity index (χ0v) is 21.7. The minimum Gasteiger partial charge on any atom is -0.312 e. The van der Waals surface area contributed by atoms with Gasteiger partial charge in [0.05, 0.1) is 5.56 Å². The number of hydrogen-bond acceptors (Lipinski definition) is 5. The molecule has 0 aliphatic carbocycles. The number of nitrogens with zero attached hydrogens (tertiary/aromatic N) is 3. The van der Waals surface area contributed by atoms with Crippen LogP contribution in [-0.4, -0.2) is 52.9 Å². The number of amidine groups is 1. The quantitative estimate of drug-likeness (QED) is 0.413. The molecule has 202 valence electrons. The van der Waals surface area contributed by atoms with E-state index in [0.717, 1.165) is 42.5 Å². The SMILES string of the molecule is Cc1cc(N2CCCC2=O)ccc1CCSN1CCC2(CC1)N=C(c1ccc(F)c(C(F)(F)F)c1)NC2=O. The number of halogens is 4. The summed E-state index contributed by atoms with van der Waals surface area (Å²) in [6.45, 7) is 4.05. The summed E-state index contributed by atoms with van der Waals surface area (Å²) in [7, 11) is 0. The molecule has 2 aromatic carbocycles. The van der Waals surface area contributed by atoms with Crippen LogP contribution in [0.1, 0.15) is 47.9 Å². The molecule has 2 fully saturated rings. The Bertz CT molecular complexity index is 1290. The molecular formula is C27H28F4N4O2S. The van der Waals surface area contributed by atoms with Gasteiger partial charge in [-0.05, 0) is 74.1 Å². The van der Waals surface area contributed by atoms with Gasteiger partial charge in [-0.2, -0.15) is 13.2 Å². The highest BCUT2D eigenvalue weighted by molar-refractivity contribution is 7.97. The van der Waals surface area contributed by atoms with E-state index in [9.17, 15) is 27.2 Å². The van der Waals surface area contributed by atoms with Crippen molar-refractivity contribution < 1.29 is 27.2 Å². The van der Waals surface area contributed by atoms with Crippen LogP contribution in [-0.2, 0) is 22.2 Å². The number of carbonyl (C=O) groups is 2. The van der Waals surface area contributed by atoms with Gasteiger partial charge >= 0.3 is 6.18 Å². The van der Waals surface area contributed by atoms with Gasteiger partial charge < -0.3 is 10.2 Å². The molecule has 2 saturated heterocycles. The first kappa shape index (κ1) is 26.7. The number of rotatable bonds is 6. The fraction of sp³-hybridized carbons (Fsp3) is 0.444. The predicted octanol–water partition coefficient (Wildman–Crippen LogP) is 4.88. The first-order chi connectivity index (χ1) is 18.1. The number of amides is 2. The maximum absolute atomic E-state index is 13.7. The minimum atomic E-state index is -4.84. The molecule has 38 heavy (non-hydrogen) atoms. The molecular weight excluding hydrogens is 520 g/mol. The molecule has 0 unspecified atom stereocenters. The predicted molar refractivity (Wildman–Crippen MR) is 139 cm³/mol. The monoisotopic (exact) mass is 548 g/mol. The Morgan fingerprint density at radius 1 is 1.08 bits per heavy atom. The molecule has 3 aliphatic rings. The van der Waals surface area contributed by atoms with Gasteiger partial charge in [0.15, 0.2) is 0 Å². The van der Waals surface area contributed by atoms with Crippen LogP contribution >= 0.6 is 11.9 Å². The summed E-state index contributed by atoms with van der Waals surface area (Å²) >= 11 is 1.70. The molecule has 0 radical (unpaired) electrons. The molecule has 11 heteroatoms. The Balaban J connectivity index is 1.16. The molecule has 1 spiro atoms. The Kier molecular flexibility index (Phi) is 7.25. The molecule has 0 aromatic heterocycles. The molecule has 3 aliphatic heterocycles. The minimum absolute atomic E-state index is 0.0382. The van der Waals surface area contributed by atoms with Crippen molar-refractivity contribution in [2.24, 2.45) is 4.99 Å². The Morgan fingerprint density at radius 3 is 2.50 bits per heavy atom. The molecule has 5 rings (SSSR count). The van der Waals surface area contributed by atoms with E-state index >= 15 is 0 Å². The van der Waals surface area contributed by atoms with E-state index in [0.29, 0.717) is 38.4 Å². The van der Waals surface area contributed by atoms with Crippen molar-refractivity contribution in [1.82, 2.24) is 9.62 Å². The first-order valence-corrected chi connectivity index (χ1v) is 13.6. The Labute approximate surface area is 222 Å². The summed E-state index contributed by atoms with van der Waals surface area (Å²) in [6, 6.07) is 8.80. The second kappa shape index (κ2) is 10.3. The fourth-order valence-corrected chi connectivity index (χ4v) is 6.21. The second-order valence-electron chi connectivity index (χ2n) is 9.91. The zero-order valence-electron chi connectivity index (χ0n) is 20.9. The normalized spacial score (nSPS) is 19.8. The van der Waals surface area contributed by atoms with Crippen LogP contribution in [0.4, 0.5) is 23.2 Å². The van der Waals surface area contributed by atoms with Gasteiger partial charge in [-0.3, -0.25) is 18.9 Å². The van der Waals surface area contributed by atoms with E-state index < -0.39 is 23.1 Å². The van der Waals surface area contributed by atoms with E-state index in [2.05, 4.69) is 33.7 Å². The van der Waals surface area contributed by atoms with Gasteiger partial charge in [0.25, 0.3) is 5.91 Å². The average molecular weight is 549 g/mol. The highest BCUT2D eigenvalue weighted by atomic mass is 32.2. The van der Waals surface area contributed by atoms with Gasteiger partial charge in [-0.1, -0.05) is 18.0 Å². The molecule has 1 N–H and O–H groups in total. The third-order valence-corrected chi connectivity index (χ3v) is 8.55. The van der Waals surface area contributed by atoms with E-state index in [1.54, 1.807) is 11.9 Å². The van der Waals surface area contributed by atoms with Crippen LogP contribution in [0.3, 0.4) is 0 Å². The molecule has 2 amide bonds. The largest absolute Gasteiger partial charge is 0.419 e. The van der Waals surface area contributed by atoms with Crippen molar-refractivity contribution >= 4 is 35.3 Å². The fourth-order valence-electron chi connectivity index (χ4n) is 5.20. The molecule has 0 saturated carbocycles. The first-order valence-electron chi connectivity index (χ1n) is 12.6. The average Bonchev–Trinajstić information content (AvgIpc) is 3.44. The lowest BCUT2D eigenvalue weighted by Crippen LogP contribution is -2.47. The van der Waals surface area contributed by atoms with E-state index in [-0.39, 0.29) is 23.2 Å². The van der Waals surface area contributed by atoms with Gasteiger partial charge in [-0.25, -0.2) is 4.39 Å². The lowest BCUT2D eigenvalue weighted by Gasteiger charge is -2.34. The number of carbonyl (C=O) groups excluding carboxylic acids is 2. The van der Waals surface area contributed by atoms with Gasteiger partial charge in [0.2, 0.25) is 5.91 Å². The van der Waals surface area contributed by atoms with Gasteiger partial charge in [-0.15, -0.1) is 0 Å². The molecule has 0 atom stereocenters. The van der Waals surface area contributed by atoms with E-state index in [1.807, 2.05) is 11.0 Å². The maximum Gasteiger partial charge on any atom is 0.419 e. The maximum atomic E-state index is 13.7. The van der Waals surface area contributed by atoms with Crippen LogP contribution in [0, 0.1) is 12.7 Å². The Hall–Kier alpha value is -2.92. The number of hydrogen-bond donors (Lipinski definition) is 1. The van der Waals surface area contributed by atoms with Crippen molar-refractivity contribution in [2.75, 3.05) is 30.3 Å². The second-order valence-corrected chi connectivity index (χ2v) is 11.1. The summed E-state index contributed by atoms with van der Waals surface area (Å²) in [6.07, 6.45) is -1.58. The van der Waals surface area contributed by atoms with Gasteiger partial charge in [0, 0.05) is 43.1 Å². The number of aliphatic imine (C=N–C) groups is 1. The number of alkyl halides is 3. The summed E-state index contributed by atoms with van der Waals surface area (Å²) in [5.74, 6) is -0.615. The Morgan fingerprint density at radius 2 is 1.84 bits per heavy atom. The number of piperidine rings is 1. The molecule has 6 nitrogen and oxygen atoms in total. The standard InChI is InChI=1S/C27H28F4N4O2S/c1-17-15-20(35-11-2-3-23(35)36)6-4-18(17)8-14-38-34-12-9-26(10-13-34)25(37)32-24(33-26)19-5-7-22(28)21(16-19)27(29,30)31/h4-7,15-16H,2-3,8-14H2,1H3,(H,32,33,37). The van der Waals surface area contributed by atoms with Crippen molar-refractivity contribution in [3.05, 3.63) is 64.5 Å². The zero-order chi connectivity index (χ0) is 27.1. The van der Waals surface area contributed by atoms with E-state index in [4.69, 9.17) is 0 Å². The number of benzene rings is 2. The van der Waals surface area contributed by atoms with E-state index in [1.165, 1.54) is 11.6 Å². The van der Waals surface area contributed by atoms with Crippen LogP contribution in [0.25, 0.3) is 0 Å². The van der Waals surface area contributed by atoms with Crippen LogP contribution in [0.5, 0.6) is 0 Å². The summed E-state index contributed by atoms with van der Waals surface area (Å²) in [4.78, 5) is 31.2. The number of nitrogens with one attached hydrogen (secondary N) is 1. The van der Waals surface area contributed by atoms with Crippen molar-refractivity contribution in [3.8, 4) is 0 Å². The lowest BCUT2D eigenvalue weighted by atomic mass is 9.89. The van der Waals surface area contributed by atoms with Crippen LogP contribution in [0.2, 0.25) is 0 Å². The molecule has 0 bridgehead atoms. The topological polar surface area (TPSA) is 65.0 Å². The third-order valence-electron chi connectivity index (χ3n) is 7.43. The summed E-state index contributed by atoms with van der Waals surface area (Å²) in [5.41, 5.74) is 0.971. The third kappa shape index (κ3) is 5.31. The number of aryl methyl sites for hydroxylation is 2. The highest BCUT2D eigenvalue weighted by Crippen LogP contribution is 2.36. The van der Waals surface area contributed by atoms with Crippen molar-refractivity contribution in [1.29, 1.82) is 0 Å². The van der Waals surface area contributed by atoms with Gasteiger partial charge in [0.1, 0.15) is 17.2 Å². The highest BCUT2D eigenvalue weighted by Gasteiger charge is 2.46.